The van der Waals surface area contributed by atoms with Crippen molar-refractivity contribution in [1.29, 1.82) is 0 Å². The van der Waals surface area contributed by atoms with E-state index in [0.29, 0.717) is 30.3 Å². The van der Waals surface area contributed by atoms with Gasteiger partial charge in [-0.15, -0.1) is 6.42 Å². The first-order chi connectivity index (χ1) is 12.0. The molecule has 0 aliphatic carbocycles. The average molecular weight is 344 g/mol. The maximum absolute atomic E-state index is 12.6. The Labute approximate surface area is 148 Å². The van der Waals surface area contributed by atoms with Crippen molar-refractivity contribution in [1.82, 2.24) is 0 Å². The summed E-state index contributed by atoms with van der Waals surface area (Å²) >= 11 is 0. The van der Waals surface area contributed by atoms with Crippen molar-refractivity contribution in [3.05, 3.63) is 35.9 Å². The van der Waals surface area contributed by atoms with Gasteiger partial charge in [0.25, 0.3) is 0 Å². The molecule has 0 amide bonds. The molecule has 1 unspecified atom stereocenters. The predicted octanol–water partition coefficient (Wildman–Crippen LogP) is 1.05. The van der Waals surface area contributed by atoms with Crippen LogP contribution in [-0.2, 0) is 9.53 Å². The van der Waals surface area contributed by atoms with Gasteiger partial charge in [0.1, 0.15) is 30.7 Å². The Kier molecular flexibility index (Phi) is 5.14. The average Bonchev–Trinajstić information content (AvgIpc) is 2.72. The van der Waals surface area contributed by atoms with Crippen LogP contribution in [0.2, 0.25) is 0 Å². The summed E-state index contributed by atoms with van der Waals surface area (Å²) in [5.41, 5.74) is 0.752. The highest BCUT2D eigenvalue weighted by Gasteiger charge is 2.56. The lowest BCUT2D eigenvalue weighted by atomic mass is 9.95. The van der Waals surface area contributed by atoms with Gasteiger partial charge in [-0.2, -0.15) is 0 Å². The first-order valence-corrected chi connectivity index (χ1v) is 8.82. The molecule has 25 heavy (non-hydrogen) atoms. The predicted molar refractivity (Wildman–Crippen MR) is 93.5 cm³/mol. The molecule has 6 atom stereocenters. The number of aliphatic hydroxyl groups excluding tert-OH is 2. The van der Waals surface area contributed by atoms with E-state index in [-0.39, 0.29) is 24.8 Å². The quantitative estimate of drug-likeness (QED) is 0.476. The lowest BCUT2D eigenvalue weighted by molar-refractivity contribution is -0.944. The largest absolute Gasteiger partial charge is 0.461 e. The Hall–Kier alpha value is -1.87. The smallest absolute Gasteiger partial charge is 0.316 e. The summed E-state index contributed by atoms with van der Waals surface area (Å²) in [5, 5.41) is 20.0. The van der Waals surface area contributed by atoms with E-state index in [9.17, 15) is 15.0 Å². The number of nitrogens with zero attached hydrogens (tertiary/aromatic N) is 1. The zero-order valence-electron chi connectivity index (χ0n) is 14.5. The number of aliphatic hydroxyl groups is 2. The van der Waals surface area contributed by atoms with Crippen LogP contribution < -0.4 is 0 Å². The van der Waals surface area contributed by atoms with Crippen LogP contribution in [0.1, 0.15) is 30.7 Å². The van der Waals surface area contributed by atoms with E-state index in [2.05, 4.69) is 13.0 Å². The Bertz CT molecular complexity index is 655. The molecule has 2 fully saturated rings. The number of hydrogen-bond donors (Lipinski definition) is 2. The molecule has 3 rings (SSSR count). The number of carbonyl (C=O) groups is 1. The number of esters is 1. The number of ether oxygens (including phenoxy) is 1. The summed E-state index contributed by atoms with van der Waals surface area (Å²) < 4.78 is 6.39. The van der Waals surface area contributed by atoms with E-state index in [1.54, 1.807) is 0 Å². The fourth-order valence-electron chi connectivity index (χ4n) is 4.53. The maximum Gasteiger partial charge on any atom is 0.316 e. The highest BCUT2D eigenvalue weighted by molar-refractivity contribution is 5.78. The molecule has 2 bridgehead atoms. The van der Waals surface area contributed by atoms with Gasteiger partial charge in [-0.3, -0.25) is 4.79 Å². The fraction of sp³-hybridized carbons (Fsp3) is 0.550. The zero-order chi connectivity index (χ0) is 18.0. The Morgan fingerprint density at radius 1 is 1.36 bits per heavy atom. The van der Waals surface area contributed by atoms with Gasteiger partial charge in [-0.1, -0.05) is 30.3 Å². The molecule has 2 aliphatic rings. The fourth-order valence-corrected chi connectivity index (χ4v) is 4.53. The Balaban J connectivity index is 1.69. The van der Waals surface area contributed by atoms with Crippen LogP contribution in [0, 0.1) is 12.3 Å². The van der Waals surface area contributed by atoms with Crippen molar-refractivity contribution in [3.8, 4) is 12.3 Å². The number of carbonyl (C=O) groups excluding carboxylic acids is 1. The van der Waals surface area contributed by atoms with E-state index in [1.807, 2.05) is 30.3 Å². The van der Waals surface area contributed by atoms with Gasteiger partial charge in [0, 0.05) is 19.3 Å². The van der Waals surface area contributed by atoms with Crippen LogP contribution in [0.5, 0.6) is 0 Å². The first kappa shape index (κ1) is 17.9. The van der Waals surface area contributed by atoms with Crippen molar-refractivity contribution >= 4 is 5.97 Å². The standard InChI is InChI=1S/C20H26NO4/c1-3-9-21(2)15-10-16(12-18(21)19(23)11-15)25-20(24)17(13-22)14-7-5-4-6-8-14/h1,4-8,15-19,22-23H,9-13H2,2H3/q+1/t15-,16+,17+,18-,19-,21?/m1/s1. The monoisotopic (exact) mass is 344 g/mol. The summed E-state index contributed by atoms with van der Waals surface area (Å²) in [4.78, 5) is 12.6. The summed E-state index contributed by atoms with van der Waals surface area (Å²) in [7, 11) is 2.09. The SMILES string of the molecule is C#CC[N+]1(C)[C@@H]2C[C@H](OC(=O)[C@@H](CO)c3ccccc3)C[C@@H]1[C@H](O)C2. The molecular formula is C20H26NO4+. The molecular weight excluding hydrogens is 318 g/mol. The molecule has 5 nitrogen and oxygen atoms in total. The van der Waals surface area contributed by atoms with Crippen LogP contribution in [0.3, 0.4) is 0 Å². The van der Waals surface area contributed by atoms with Gasteiger partial charge in [0.05, 0.1) is 19.7 Å². The Morgan fingerprint density at radius 3 is 2.68 bits per heavy atom. The normalized spacial score (nSPS) is 35.0. The summed E-state index contributed by atoms with van der Waals surface area (Å²) in [6, 6.07) is 9.38. The number of rotatable bonds is 5. The first-order valence-electron chi connectivity index (χ1n) is 8.82. The van der Waals surface area contributed by atoms with Gasteiger partial charge in [0.15, 0.2) is 0 Å². The van der Waals surface area contributed by atoms with Gasteiger partial charge in [-0.25, -0.2) is 0 Å². The van der Waals surface area contributed by atoms with Gasteiger partial charge < -0.3 is 19.4 Å². The lowest BCUT2D eigenvalue weighted by Gasteiger charge is -2.45. The van der Waals surface area contributed by atoms with Crippen LogP contribution in [0.4, 0.5) is 0 Å². The summed E-state index contributed by atoms with van der Waals surface area (Å²) in [6.45, 7) is 0.298. The third kappa shape index (κ3) is 3.30. The third-order valence-corrected chi connectivity index (χ3v) is 5.97. The second-order valence-corrected chi connectivity index (χ2v) is 7.41. The van der Waals surface area contributed by atoms with E-state index >= 15 is 0 Å². The van der Waals surface area contributed by atoms with Crippen molar-refractivity contribution in [2.75, 3.05) is 20.2 Å². The van der Waals surface area contributed by atoms with E-state index in [0.717, 1.165) is 5.56 Å². The number of piperidine rings is 1. The van der Waals surface area contributed by atoms with E-state index in [4.69, 9.17) is 11.2 Å². The molecule has 2 aliphatic heterocycles. The molecule has 1 aromatic carbocycles. The van der Waals surface area contributed by atoms with Gasteiger partial charge in [-0.05, 0) is 11.5 Å². The molecule has 134 valence electrons. The number of fused-ring (bicyclic) bond motifs is 2. The minimum absolute atomic E-state index is 0.00287. The number of likely N-dealkylation sites (N-methyl/N-ethyl adjacent to an activating group) is 1. The van der Waals surface area contributed by atoms with Crippen molar-refractivity contribution in [2.24, 2.45) is 0 Å². The van der Waals surface area contributed by atoms with Crippen LogP contribution in [-0.4, -0.2) is 65.2 Å². The maximum atomic E-state index is 12.6. The van der Waals surface area contributed by atoms with Crippen molar-refractivity contribution in [2.45, 2.75) is 49.5 Å². The topological polar surface area (TPSA) is 66.8 Å². The second kappa shape index (κ2) is 7.17. The summed E-state index contributed by atoms with van der Waals surface area (Å²) in [5.74, 6) is 1.65. The minimum atomic E-state index is -0.669. The number of benzene rings is 1. The molecule has 0 radical (unpaired) electrons. The molecule has 0 saturated carbocycles. The van der Waals surface area contributed by atoms with Crippen LogP contribution in [0.25, 0.3) is 0 Å². The third-order valence-electron chi connectivity index (χ3n) is 5.97. The number of quaternary nitrogens is 1. The minimum Gasteiger partial charge on any atom is -0.461 e. The van der Waals surface area contributed by atoms with Crippen LogP contribution in [0.15, 0.2) is 30.3 Å². The van der Waals surface area contributed by atoms with E-state index in [1.165, 1.54) is 0 Å². The highest BCUT2D eigenvalue weighted by atomic mass is 16.5. The van der Waals surface area contributed by atoms with Crippen molar-refractivity contribution < 1.29 is 24.2 Å². The van der Waals surface area contributed by atoms with E-state index < -0.39 is 18.0 Å². The Morgan fingerprint density at radius 2 is 2.08 bits per heavy atom. The summed E-state index contributed by atoms with van der Waals surface area (Å²) in [6.07, 6.45) is 6.87. The highest BCUT2D eigenvalue weighted by Crippen LogP contribution is 2.42. The zero-order valence-corrected chi connectivity index (χ0v) is 14.5. The van der Waals surface area contributed by atoms with Gasteiger partial charge >= 0.3 is 5.97 Å². The van der Waals surface area contributed by atoms with Gasteiger partial charge in [0.2, 0.25) is 0 Å². The molecule has 0 aromatic heterocycles. The lowest BCUT2D eigenvalue weighted by Crippen LogP contribution is -2.60. The molecule has 2 saturated heterocycles. The van der Waals surface area contributed by atoms with Crippen molar-refractivity contribution in [3.63, 3.8) is 0 Å². The number of hydrogen-bond acceptors (Lipinski definition) is 4. The second-order valence-electron chi connectivity index (χ2n) is 7.41. The molecule has 2 heterocycles. The molecule has 5 heteroatoms. The number of terminal acetylenes is 1. The van der Waals surface area contributed by atoms with Crippen LogP contribution >= 0.6 is 0 Å². The molecule has 0 spiro atoms. The molecule has 2 N–H and O–H groups in total. The molecule has 1 aromatic rings.